The molecule has 0 bridgehead atoms. The maximum Gasteiger partial charge on any atom is 0.157 e. The summed E-state index contributed by atoms with van der Waals surface area (Å²) in [5.74, 6) is 5.73. The smallest absolute Gasteiger partial charge is 0.157 e. The number of amidine groups is 1. The molecule has 1 fully saturated rings. The highest BCUT2D eigenvalue weighted by atomic mass is 32.2. The number of hydrogen-bond donors (Lipinski definition) is 2. The summed E-state index contributed by atoms with van der Waals surface area (Å²) in [7, 11) is -3.14. The van der Waals surface area contributed by atoms with Gasteiger partial charge in [0, 0.05) is 6.26 Å². The first-order chi connectivity index (χ1) is 7.45. The summed E-state index contributed by atoms with van der Waals surface area (Å²) < 4.78 is 22.8. The lowest BCUT2D eigenvalue weighted by molar-refractivity contribution is 0.442. The van der Waals surface area contributed by atoms with Crippen LogP contribution in [0.25, 0.3) is 0 Å². The second-order valence-electron chi connectivity index (χ2n) is 4.42. The molecular formula is C10H21N3O2S. The minimum absolute atomic E-state index is 0.226. The molecule has 0 aliphatic heterocycles. The molecule has 0 spiro atoms. The van der Waals surface area contributed by atoms with Crippen molar-refractivity contribution in [1.82, 2.24) is 5.43 Å². The average molecular weight is 247 g/mol. The highest BCUT2D eigenvalue weighted by molar-refractivity contribution is 7.92. The molecule has 1 unspecified atom stereocenters. The second-order valence-corrected chi connectivity index (χ2v) is 6.79. The summed E-state index contributed by atoms with van der Waals surface area (Å²) in [5, 5.41) is -0.653. The normalized spacial score (nSPS) is 21.8. The lowest BCUT2D eigenvalue weighted by Gasteiger charge is -2.21. The number of hydrogen-bond acceptors (Lipinski definition) is 4. The standard InChI is InChI=1S/C10H21N3O2S/c1-8(16(2,14)15)10(13-11)12-9-6-4-3-5-7-9/h8-9H,3-7,11H2,1-2H3,(H,12,13). The topological polar surface area (TPSA) is 84.5 Å². The molecule has 0 saturated heterocycles. The van der Waals surface area contributed by atoms with Gasteiger partial charge in [0.05, 0.1) is 6.04 Å². The quantitative estimate of drug-likeness (QED) is 0.331. The molecule has 0 amide bonds. The van der Waals surface area contributed by atoms with E-state index in [-0.39, 0.29) is 6.04 Å². The van der Waals surface area contributed by atoms with Crippen molar-refractivity contribution in [3.05, 3.63) is 0 Å². The predicted octanol–water partition coefficient (Wildman–Crippen LogP) is 0.614. The SMILES string of the molecule is CC(C(=NC1CCCCC1)NN)S(C)(=O)=O. The molecule has 0 aromatic carbocycles. The van der Waals surface area contributed by atoms with Crippen molar-refractivity contribution in [2.24, 2.45) is 10.8 Å². The highest BCUT2D eigenvalue weighted by Gasteiger charge is 2.22. The van der Waals surface area contributed by atoms with Gasteiger partial charge in [-0.1, -0.05) is 19.3 Å². The Morgan fingerprint density at radius 1 is 1.38 bits per heavy atom. The highest BCUT2D eigenvalue weighted by Crippen LogP contribution is 2.20. The summed E-state index contributed by atoms with van der Waals surface area (Å²) >= 11 is 0. The van der Waals surface area contributed by atoms with Gasteiger partial charge < -0.3 is 5.43 Å². The van der Waals surface area contributed by atoms with E-state index in [4.69, 9.17) is 5.84 Å². The third-order valence-corrected chi connectivity index (χ3v) is 4.58. The van der Waals surface area contributed by atoms with E-state index in [0.717, 1.165) is 12.8 Å². The first-order valence-electron chi connectivity index (χ1n) is 5.68. The van der Waals surface area contributed by atoms with Crippen molar-refractivity contribution in [3.63, 3.8) is 0 Å². The van der Waals surface area contributed by atoms with Crippen LogP contribution >= 0.6 is 0 Å². The van der Waals surface area contributed by atoms with E-state index >= 15 is 0 Å². The number of aliphatic imine (C=N–C) groups is 1. The molecule has 0 radical (unpaired) electrons. The summed E-state index contributed by atoms with van der Waals surface area (Å²) in [6.45, 7) is 1.61. The van der Waals surface area contributed by atoms with Crippen LogP contribution in [0, 0.1) is 0 Å². The van der Waals surface area contributed by atoms with E-state index < -0.39 is 15.1 Å². The summed E-state index contributed by atoms with van der Waals surface area (Å²) in [4.78, 5) is 4.42. The molecule has 3 N–H and O–H groups in total. The molecule has 1 saturated carbocycles. The van der Waals surface area contributed by atoms with Gasteiger partial charge in [-0.3, -0.25) is 4.99 Å². The van der Waals surface area contributed by atoms with E-state index in [1.54, 1.807) is 6.92 Å². The Labute approximate surface area is 97.4 Å². The molecule has 1 aliphatic rings. The van der Waals surface area contributed by atoms with Crippen molar-refractivity contribution in [3.8, 4) is 0 Å². The van der Waals surface area contributed by atoms with Crippen molar-refractivity contribution in [2.75, 3.05) is 6.26 Å². The van der Waals surface area contributed by atoms with E-state index in [2.05, 4.69) is 10.4 Å². The minimum Gasteiger partial charge on any atom is -0.311 e. The van der Waals surface area contributed by atoms with Crippen molar-refractivity contribution in [2.45, 2.75) is 50.3 Å². The van der Waals surface area contributed by atoms with Crippen LogP contribution in [0.3, 0.4) is 0 Å². The van der Waals surface area contributed by atoms with Crippen molar-refractivity contribution in [1.29, 1.82) is 0 Å². The molecule has 5 nitrogen and oxygen atoms in total. The first-order valence-corrected chi connectivity index (χ1v) is 7.63. The molecule has 6 heteroatoms. The molecule has 0 aromatic rings. The second kappa shape index (κ2) is 5.63. The molecule has 0 aromatic heterocycles. The van der Waals surface area contributed by atoms with Gasteiger partial charge in [0.25, 0.3) is 0 Å². The van der Waals surface area contributed by atoms with E-state index in [1.807, 2.05) is 0 Å². The molecular weight excluding hydrogens is 226 g/mol. The zero-order chi connectivity index (χ0) is 12.2. The van der Waals surface area contributed by atoms with Crippen LogP contribution in [0.1, 0.15) is 39.0 Å². The fraction of sp³-hybridized carbons (Fsp3) is 0.900. The van der Waals surface area contributed by atoms with Gasteiger partial charge in [0.15, 0.2) is 9.84 Å². The van der Waals surface area contributed by atoms with E-state index in [9.17, 15) is 8.42 Å². The van der Waals surface area contributed by atoms with Crippen LogP contribution in [-0.2, 0) is 9.84 Å². The lowest BCUT2D eigenvalue weighted by atomic mass is 9.96. The van der Waals surface area contributed by atoms with Gasteiger partial charge in [-0.2, -0.15) is 0 Å². The van der Waals surface area contributed by atoms with Crippen LogP contribution in [0.2, 0.25) is 0 Å². The van der Waals surface area contributed by atoms with Crippen molar-refractivity contribution >= 4 is 15.7 Å². The van der Waals surface area contributed by atoms with Gasteiger partial charge in [-0.25, -0.2) is 14.3 Å². The zero-order valence-electron chi connectivity index (χ0n) is 9.94. The Morgan fingerprint density at radius 3 is 2.38 bits per heavy atom. The number of nitrogens with one attached hydrogen (secondary N) is 1. The monoisotopic (exact) mass is 247 g/mol. The lowest BCUT2D eigenvalue weighted by Crippen LogP contribution is -2.42. The Balaban J connectivity index is 2.76. The Bertz CT molecular complexity index is 345. The van der Waals surface area contributed by atoms with Gasteiger partial charge in [-0.15, -0.1) is 0 Å². The third-order valence-electron chi connectivity index (χ3n) is 3.07. The zero-order valence-corrected chi connectivity index (χ0v) is 10.8. The van der Waals surface area contributed by atoms with Crippen LogP contribution in [0.5, 0.6) is 0 Å². The number of sulfone groups is 1. The van der Waals surface area contributed by atoms with Crippen molar-refractivity contribution < 1.29 is 8.42 Å². The van der Waals surface area contributed by atoms with Crippen LogP contribution < -0.4 is 11.3 Å². The van der Waals surface area contributed by atoms with Gasteiger partial charge >= 0.3 is 0 Å². The molecule has 1 rings (SSSR count). The number of nitrogens with zero attached hydrogens (tertiary/aromatic N) is 1. The largest absolute Gasteiger partial charge is 0.311 e. The van der Waals surface area contributed by atoms with E-state index in [0.29, 0.717) is 5.84 Å². The van der Waals surface area contributed by atoms with Gasteiger partial charge in [-0.05, 0) is 19.8 Å². The Kier molecular flexibility index (Phi) is 4.73. The third kappa shape index (κ3) is 3.75. The van der Waals surface area contributed by atoms with Gasteiger partial charge in [0.2, 0.25) is 0 Å². The molecule has 0 heterocycles. The fourth-order valence-electron chi connectivity index (χ4n) is 1.87. The van der Waals surface area contributed by atoms with E-state index in [1.165, 1.54) is 25.5 Å². The number of hydrazine groups is 1. The number of nitrogens with two attached hydrogens (primary N) is 1. The summed E-state index contributed by atoms with van der Waals surface area (Å²) in [6, 6.07) is 0.226. The minimum atomic E-state index is -3.14. The molecule has 1 atom stereocenters. The number of rotatable bonds is 3. The van der Waals surface area contributed by atoms with Crippen LogP contribution in [-0.4, -0.2) is 31.8 Å². The first kappa shape index (κ1) is 13.4. The predicted molar refractivity (Wildman–Crippen MR) is 65.9 cm³/mol. The Hall–Kier alpha value is -0.620. The van der Waals surface area contributed by atoms with Gasteiger partial charge in [0.1, 0.15) is 11.1 Å². The maximum absolute atomic E-state index is 11.4. The molecule has 94 valence electrons. The van der Waals surface area contributed by atoms with Crippen LogP contribution in [0.4, 0.5) is 0 Å². The van der Waals surface area contributed by atoms with Crippen LogP contribution in [0.15, 0.2) is 4.99 Å². The fourth-order valence-corrected chi connectivity index (χ4v) is 2.40. The Morgan fingerprint density at radius 2 is 1.94 bits per heavy atom. The maximum atomic E-state index is 11.4. The average Bonchev–Trinajstić information content (AvgIpc) is 2.25. The summed E-state index contributed by atoms with van der Waals surface area (Å²) in [6.07, 6.45) is 6.84. The molecule has 1 aliphatic carbocycles. The summed E-state index contributed by atoms with van der Waals surface area (Å²) in [5.41, 5.74) is 2.43. The molecule has 16 heavy (non-hydrogen) atoms.